The third-order valence-corrected chi connectivity index (χ3v) is 4.67. The van der Waals surface area contributed by atoms with E-state index < -0.39 is 5.91 Å². The van der Waals surface area contributed by atoms with Crippen molar-refractivity contribution in [2.75, 3.05) is 19.4 Å². The van der Waals surface area contributed by atoms with E-state index in [9.17, 15) is 9.18 Å². The number of hydrogen-bond acceptors (Lipinski definition) is 5. The lowest BCUT2D eigenvalue weighted by molar-refractivity contribution is 0.100. The molecule has 150 valence electrons. The number of aryl methyl sites for hydroxylation is 1. The summed E-state index contributed by atoms with van der Waals surface area (Å²) >= 11 is 6.15. The van der Waals surface area contributed by atoms with Crippen molar-refractivity contribution in [2.24, 2.45) is 5.73 Å². The van der Waals surface area contributed by atoms with Crippen molar-refractivity contribution in [2.45, 2.75) is 6.92 Å². The Labute approximate surface area is 173 Å². The molecule has 2 heterocycles. The molecule has 1 aromatic carbocycles. The van der Waals surface area contributed by atoms with Gasteiger partial charge in [0.15, 0.2) is 0 Å². The lowest BCUT2D eigenvalue weighted by Gasteiger charge is -2.29. The zero-order valence-corrected chi connectivity index (χ0v) is 17.1. The van der Waals surface area contributed by atoms with Gasteiger partial charge in [-0.2, -0.15) is 0 Å². The van der Waals surface area contributed by atoms with Crippen LogP contribution in [0.4, 0.5) is 10.1 Å². The van der Waals surface area contributed by atoms with Gasteiger partial charge >= 0.3 is 0 Å². The first-order valence-electron chi connectivity index (χ1n) is 8.75. The van der Waals surface area contributed by atoms with Gasteiger partial charge in [0.2, 0.25) is 0 Å². The van der Waals surface area contributed by atoms with Gasteiger partial charge in [-0.25, -0.2) is 4.39 Å². The molecule has 1 aliphatic heterocycles. The molecule has 0 saturated heterocycles. The Kier molecular flexibility index (Phi) is 5.61. The van der Waals surface area contributed by atoms with E-state index in [-0.39, 0.29) is 11.4 Å². The number of dihydropyridines is 1. The number of allylic oxidation sites excluding steroid dienone is 2. The second-order valence-corrected chi connectivity index (χ2v) is 7.25. The van der Waals surface area contributed by atoms with E-state index in [0.29, 0.717) is 44.6 Å². The average molecular weight is 414 g/mol. The molecule has 0 spiro atoms. The van der Waals surface area contributed by atoms with E-state index in [2.05, 4.69) is 22.2 Å². The van der Waals surface area contributed by atoms with Crippen LogP contribution in [0.15, 0.2) is 60.5 Å². The molecule has 1 aromatic heterocycles. The summed E-state index contributed by atoms with van der Waals surface area (Å²) in [6.45, 7) is 5.68. The van der Waals surface area contributed by atoms with Gasteiger partial charge in [-0.05, 0) is 36.8 Å². The number of halogens is 2. The Balaban J connectivity index is 2.15. The molecule has 1 amide bonds. The van der Waals surface area contributed by atoms with Crippen LogP contribution in [0.1, 0.15) is 21.5 Å². The molecule has 8 heteroatoms. The third-order valence-electron chi connectivity index (χ3n) is 4.45. The Morgan fingerprint density at radius 3 is 2.76 bits per heavy atom. The van der Waals surface area contributed by atoms with Crippen molar-refractivity contribution >= 4 is 28.8 Å². The van der Waals surface area contributed by atoms with Crippen molar-refractivity contribution in [3.05, 3.63) is 88.0 Å². The van der Waals surface area contributed by atoms with E-state index in [1.165, 1.54) is 6.20 Å². The fourth-order valence-electron chi connectivity index (χ4n) is 3.03. The second kappa shape index (κ2) is 7.97. The number of benzene rings is 1. The number of amides is 1. The van der Waals surface area contributed by atoms with Crippen molar-refractivity contribution in [3.8, 4) is 0 Å². The van der Waals surface area contributed by atoms with Crippen molar-refractivity contribution in [1.82, 2.24) is 15.2 Å². The Bertz CT molecular complexity index is 1070. The van der Waals surface area contributed by atoms with Gasteiger partial charge < -0.3 is 21.3 Å². The number of pyridine rings is 1. The minimum absolute atomic E-state index is 0.238. The van der Waals surface area contributed by atoms with Gasteiger partial charge in [0.05, 0.1) is 16.9 Å². The van der Waals surface area contributed by atoms with Crippen LogP contribution in [0.25, 0.3) is 5.57 Å². The Morgan fingerprint density at radius 1 is 1.38 bits per heavy atom. The van der Waals surface area contributed by atoms with Gasteiger partial charge in [-0.1, -0.05) is 18.2 Å². The predicted octanol–water partition coefficient (Wildman–Crippen LogP) is 3.62. The van der Waals surface area contributed by atoms with Crippen LogP contribution in [0.5, 0.6) is 0 Å². The Hall–Kier alpha value is -3.32. The van der Waals surface area contributed by atoms with Crippen LogP contribution in [-0.4, -0.2) is 29.9 Å². The smallest absolute Gasteiger partial charge is 0.252 e. The fourth-order valence-corrected chi connectivity index (χ4v) is 3.30. The van der Waals surface area contributed by atoms with Crippen LogP contribution in [-0.2, 0) is 0 Å². The lowest BCUT2D eigenvalue weighted by Crippen LogP contribution is -2.31. The maximum atomic E-state index is 14.8. The molecule has 0 atom stereocenters. The molecule has 2 aromatic rings. The van der Waals surface area contributed by atoms with Crippen LogP contribution in [0.2, 0.25) is 5.02 Å². The molecule has 0 fully saturated rings. The normalized spacial score (nSPS) is 13.7. The molecule has 4 N–H and O–H groups in total. The molecular formula is C21H21ClFN5O. The number of carbonyl (C=O) groups excluding carboxylic acids is 1. The first-order valence-corrected chi connectivity index (χ1v) is 9.13. The molecule has 0 aliphatic carbocycles. The van der Waals surface area contributed by atoms with Gasteiger partial charge in [-0.3, -0.25) is 9.78 Å². The van der Waals surface area contributed by atoms with E-state index >= 15 is 0 Å². The molecule has 0 radical (unpaired) electrons. The highest BCUT2D eigenvalue weighted by molar-refractivity contribution is 6.30. The first-order chi connectivity index (χ1) is 13.7. The number of rotatable bonds is 5. The van der Waals surface area contributed by atoms with E-state index in [1.54, 1.807) is 37.4 Å². The lowest BCUT2D eigenvalue weighted by atomic mass is 9.97. The van der Waals surface area contributed by atoms with Crippen LogP contribution >= 0.6 is 11.6 Å². The summed E-state index contributed by atoms with van der Waals surface area (Å²) in [6.07, 6.45) is 4.69. The molecular weight excluding hydrogens is 393 g/mol. The number of nitrogens with two attached hydrogens (primary N) is 1. The summed E-state index contributed by atoms with van der Waals surface area (Å²) in [4.78, 5) is 17.5. The summed E-state index contributed by atoms with van der Waals surface area (Å²) in [5, 5.41) is 6.81. The van der Waals surface area contributed by atoms with Gasteiger partial charge in [0, 0.05) is 48.3 Å². The summed E-state index contributed by atoms with van der Waals surface area (Å²) in [5.74, 6) is -0.301. The minimum Gasteiger partial charge on any atom is -0.365 e. The Morgan fingerprint density at radius 2 is 2.10 bits per heavy atom. The molecule has 0 saturated carbocycles. The topological polar surface area (TPSA) is 83.3 Å². The standard InChI is InChI=1S/C21H21ClFN5O/c1-11-7-13(22)8-15(19(11)23)14-9-18(21(28(3)4)26-12(14)2)27-17-5-6-25-10-16(17)20(24)29/h5-10,26H,2H2,1,3-4H3,(H2,24,29)(H,25,27). The molecule has 0 unspecified atom stereocenters. The number of nitrogens with one attached hydrogen (secondary N) is 2. The minimum atomic E-state index is -0.610. The van der Waals surface area contributed by atoms with Gasteiger partial charge in [0.1, 0.15) is 11.6 Å². The average Bonchev–Trinajstić information content (AvgIpc) is 2.66. The highest BCUT2D eigenvalue weighted by Gasteiger charge is 2.23. The summed E-state index contributed by atoms with van der Waals surface area (Å²) in [7, 11) is 3.70. The molecule has 1 aliphatic rings. The summed E-state index contributed by atoms with van der Waals surface area (Å²) in [5.41, 5.74) is 8.59. The maximum Gasteiger partial charge on any atom is 0.252 e. The summed E-state index contributed by atoms with van der Waals surface area (Å²) < 4.78 is 14.8. The number of hydrogen-bond donors (Lipinski definition) is 3. The molecule has 3 rings (SSSR count). The largest absolute Gasteiger partial charge is 0.365 e. The second-order valence-electron chi connectivity index (χ2n) is 6.81. The molecule has 29 heavy (non-hydrogen) atoms. The van der Waals surface area contributed by atoms with Gasteiger partial charge in [0.25, 0.3) is 5.91 Å². The highest BCUT2D eigenvalue weighted by Crippen LogP contribution is 2.33. The zero-order chi connectivity index (χ0) is 21.3. The number of nitrogens with zero attached hydrogens (tertiary/aromatic N) is 2. The summed E-state index contributed by atoms with van der Waals surface area (Å²) in [6, 6.07) is 4.76. The van der Waals surface area contributed by atoms with Gasteiger partial charge in [-0.15, -0.1) is 0 Å². The molecule has 6 nitrogen and oxygen atoms in total. The van der Waals surface area contributed by atoms with Crippen molar-refractivity contribution in [1.29, 1.82) is 0 Å². The quantitative estimate of drug-likeness (QED) is 0.697. The predicted molar refractivity (Wildman–Crippen MR) is 113 cm³/mol. The van der Waals surface area contributed by atoms with Crippen LogP contribution in [0, 0.1) is 12.7 Å². The number of primary amides is 1. The molecule has 0 bridgehead atoms. The van der Waals surface area contributed by atoms with Crippen LogP contribution in [0.3, 0.4) is 0 Å². The van der Waals surface area contributed by atoms with E-state index in [0.717, 1.165) is 0 Å². The highest BCUT2D eigenvalue weighted by atomic mass is 35.5. The van der Waals surface area contributed by atoms with Crippen molar-refractivity contribution < 1.29 is 9.18 Å². The fraction of sp³-hybridized carbons (Fsp3) is 0.143. The monoisotopic (exact) mass is 413 g/mol. The zero-order valence-electron chi connectivity index (χ0n) is 16.3. The number of anilines is 1. The van der Waals surface area contributed by atoms with Crippen LogP contribution < -0.4 is 16.4 Å². The number of carbonyl (C=O) groups is 1. The number of aromatic nitrogens is 1. The SMILES string of the molecule is C=C1NC(N(C)C)=C(Nc2ccncc2C(N)=O)C=C1c1cc(Cl)cc(C)c1F. The first kappa shape index (κ1) is 20.4. The van der Waals surface area contributed by atoms with E-state index in [1.807, 2.05) is 19.0 Å². The van der Waals surface area contributed by atoms with E-state index in [4.69, 9.17) is 17.3 Å². The van der Waals surface area contributed by atoms with Crippen molar-refractivity contribution in [3.63, 3.8) is 0 Å². The third kappa shape index (κ3) is 4.09. The maximum absolute atomic E-state index is 14.8.